The third kappa shape index (κ3) is 45.3. The van der Waals surface area contributed by atoms with E-state index >= 15 is 0 Å². The normalized spacial score (nSPS) is 12.9. The number of carbonyl (C=O) groups is 1. The summed E-state index contributed by atoms with van der Waals surface area (Å²) in [6.45, 7) is 11.7. The number of ether oxygens (including phenoxy) is 1. The third-order valence-electron chi connectivity index (χ3n) is 13.2. The molecule has 0 N–H and O–H groups in total. The minimum Gasteiger partial charge on any atom is -0.462 e. The molecule has 0 saturated heterocycles. The van der Waals surface area contributed by atoms with Gasteiger partial charge >= 0.3 is 5.97 Å². The predicted octanol–water partition coefficient (Wildman–Crippen LogP) is 20.0. The molecular formula is C54H107BrO2. The zero-order valence-corrected chi connectivity index (χ0v) is 41.7. The second-order valence-electron chi connectivity index (χ2n) is 19.6. The van der Waals surface area contributed by atoms with Crippen LogP contribution in [0.2, 0.25) is 0 Å². The summed E-state index contributed by atoms with van der Waals surface area (Å²) in [6, 6.07) is 0. The van der Waals surface area contributed by atoms with Crippen LogP contribution < -0.4 is 0 Å². The van der Waals surface area contributed by atoms with Crippen LogP contribution in [0.25, 0.3) is 0 Å². The Hall–Kier alpha value is -0.0500. The van der Waals surface area contributed by atoms with Crippen molar-refractivity contribution in [3.63, 3.8) is 0 Å². The first-order valence-electron chi connectivity index (χ1n) is 26.7. The molecule has 0 bridgehead atoms. The van der Waals surface area contributed by atoms with Crippen molar-refractivity contribution in [3.8, 4) is 0 Å². The summed E-state index contributed by atoms with van der Waals surface area (Å²) in [5.74, 6) is 2.32. The lowest BCUT2D eigenvalue weighted by Crippen LogP contribution is -2.20. The van der Waals surface area contributed by atoms with Crippen molar-refractivity contribution in [1.29, 1.82) is 0 Å². The lowest BCUT2D eigenvalue weighted by molar-refractivity contribution is -0.146. The first-order chi connectivity index (χ1) is 27.9. The van der Waals surface area contributed by atoms with Crippen LogP contribution >= 0.6 is 15.9 Å². The summed E-state index contributed by atoms with van der Waals surface area (Å²) >= 11 is 3.33. The molecule has 57 heavy (non-hydrogen) atoms. The van der Waals surface area contributed by atoms with E-state index in [1.54, 1.807) is 0 Å². The van der Waals surface area contributed by atoms with Crippen LogP contribution in [0.5, 0.6) is 0 Å². The lowest BCUT2D eigenvalue weighted by Gasteiger charge is -2.21. The van der Waals surface area contributed by atoms with Crippen molar-refractivity contribution in [1.82, 2.24) is 0 Å². The van der Waals surface area contributed by atoms with E-state index in [-0.39, 0.29) is 12.1 Å². The standard InChI is InChI=1S/C54H107BrO2/c1-6-8-10-12-14-16-18-20-22-24-26-28-30-32-34-36-43-52(44-37-35-33-31-29-27-25-23-21-19-17-15-13-11-9-7-2)45-38-39-46-53(57-54(56)49-55)48-47-51(5)42-40-41-50(3)4/h50-53H,6-49H2,1-5H3. The van der Waals surface area contributed by atoms with Crippen LogP contribution in [0.15, 0.2) is 0 Å². The number of alkyl halides is 1. The Balaban J connectivity index is 4.41. The summed E-state index contributed by atoms with van der Waals surface area (Å²) < 4.78 is 5.94. The second kappa shape index (κ2) is 47.0. The molecule has 342 valence electrons. The third-order valence-corrected chi connectivity index (χ3v) is 13.6. The van der Waals surface area contributed by atoms with Gasteiger partial charge in [0.05, 0.1) is 0 Å². The highest BCUT2D eigenvalue weighted by atomic mass is 79.9. The molecule has 0 heterocycles. The molecule has 0 aromatic heterocycles. The van der Waals surface area contributed by atoms with Crippen LogP contribution in [0.3, 0.4) is 0 Å². The number of hydrogen-bond donors (Lipinski definition) is 0. The minimum absolute atomic E-state index is 0.0858. The Kier molecular flexibility index (Phi) is 47.0. The van der Waals surface area contributed by atoms with Crippen molar-refractivity contribution in [3.05, 3.63) is 0 Å². The first-order valence-corrected chi connectivity index (χ1v) is 27.8. The monoisotopic (exact) mass is 867 g/mol. The van der Waals surface area contributed by atoms with Crippen LogP contribution in [0.1, 0.15) is 311 Å². The van der Waals surface area contributed by atoms with Gasteiger partial charge in [0, 0.05) is 0 Å². The van der Waals surface area contributed by atoms with Gasteiger partial charge in [0.1, 0.15) is 11.4 Å². The predicted molar refractivity (Wildman–Crippen MR) is 261 cm³/mol. The van der Waals surface area contributed by atoms with Gasteiger partial charge in [-0.1, -0.05) is 301 Å². The molecule has 2 unspecified atom stereocenters. The minimum atomic E-state index is -0.0858. The van der Waals surface area contributed by atoms with E-state index in [9.17, 15) is 4.79 Å². The highest BCUT2D eigenvalue weighted by molar-refractivity contribution is 9.09. The number of unbranched alkanes of at least 4 members (excludes halogenated alkanes) is 31. The van der Waals surface area contributed by atoms with E-state index < -0.39 is 0 Å². The fourth-order valence-corrected chi connectivity index (χ4v) is 9.30. The summed E-state index contributed by atoms with van der Waals surface area (Å²) in [4.78, 5) is 12.2. The SMILES string of the molecule is CCCCCCCCCCCCCCCCCCC(CCCCCCCCCCCCCCCCCC)CCCCC(CCC(C)CCCC(C)C)OC(=O)CBr. The second-order valence-corrected chi connectivity index (χ2v) is 20.1. The van der Waals surface area contributed by atoms with E-state index in [1.165, 1.54) is 263 Å². The smallest absolute Gasteiger partial charge is 0.316 e. The number of hydrogen-bond acceptors (Lipinski definition) is 2. The van der Waals surface area contributed by atoms with Crippen molar-refractivity contribution < 1.29 is 9.53 Å². The van der Waals surface area contributed by atoms with Gasteiger partial charge in [-0.05, 0) is 43.4 Å². The molecule has 2 nitrogen and oxygen atoms in total. The van der Waals surface area contributed by atoms with E-state index in [0.29, 0.717) is 5.33 Å². The zero-order chi connectivity index (χ0) is 41.7. The Labute approximate surface area is 369 Å². The maximum atomic E-state index is 12.2. The van der Waals surface area contributed by atoms with E-state index in [2.05, 4.69) is 50.5 Å². The van der Waals surface area contributed by atoms with Gasteiger partial charge in [0.15, 0.2) is 0 Å². The molecule has 0 aliphatic heterocycles. The fraction of sp³-hybridized carbons (Fsp3) is 0.981. The Morgan fingerprint density at radius 2 is 0.684 bits per heavy atom. The molecule has 0 radical (unpaired) electrons. The molecule has 3 heteroatoms. The largest absolute Gasteiger partial charge is 0.462 e. The Morgan fingerprint density at radius 1 is 0.368 bits per heavy atom. The topological polar surface area (TPSA) is 26.3 Å². The number of esters is 1. The molecule has 0 spiro atoms. The highest BCUT2D eigenvalue weighted by Gasteiger charge is 2.17. The van der Waals surface area contributed by atoms with Crippen LogP contribution in [-0.4, -0.2) is 17.4 Å². The van der Waals surface area contributed by atoms with Crippen LogP contribution in [0.4, 0.5) is 0 Å². The first kappa shape index (κ1) is 57.0. The molecule has 0 saturated carbocycles. The van der Waals surface area contributed by atoms with Gasteiger partial charge < -0.3 is 4.74 Å². The zero-order valence-electron chi connectivity index (χ0n) is 40.1. The van der Waals surface area contributed by atoms with Gasteiger partial charge in [0.25, 0.3) is 0 Å². The number of halogens is 1. The maximum Gasteiger partial charge on any atom is 0.316 e. The molecule has 0 aliphatic carbocycles. The molecule has 2 atom stereocenters. The average molecular weight is 868 g/mol. The molecule has 0 aliphatic rings. The van der Waals surface area contributed by atoms with Crippen LogP contribution in [-0.2, 0) is 9.53 Å². The summed E-state index contributed by atoms with van der Waals surface area (Å²) in [7, 11) is 0. The molecule has 0 rings (SSSR count). The van der Waals surface area contributed by atoms with Crippen molar-refractivity contribution >= 4 is 21.9 Å². The molecule has 0 amide bonds. The van der Waals surface area contributed by atoms with Gasteiger partial charge in [0.2, 0.25) is 0 Å². The van der Waals surface area contributed by atoms with E-state index in [1.807, 2.05) is 0 Å². The maximum absolute atomic E-state index is 12.2. The molecule has 0 aromatic rings. The van der Waals surface area contributed by atoms with Crippen LogP contribution in [0, 0.1) is 17.8 Å². The summed E-state index contributed by atoms with van der Waals surface area (Å²) in [5.41, 5.74) is 0. The van der Waals surface area contributed by atoms with Gasteiger partial charge in [-0.15, -0.1) is 0 Å². The summed E-state index contributed by atoms with van der Waals surface area (Å²) in [5, 5.41) is 0.314. The number of carbonyl (C=O) groups excluding carboxylic acids is 1. The number of rotatable bonds is 48. The van der Waals surface area contributed by atoms with E-state index in [4.69, 9.17) is 4.74 Å². The quantitative estimate of drug-likeness (QED) is 0.0346. The van der Waals surface area contributed by atoms with Crippen molar-refractivity contribution in [2.45, 2.75) is 317 Å². The van der Waals surface area contributed by atoms with Crippen molar-refractivity contribution in [2.24, 2.45) is 17.8 Å². The summed E-state index contributed by atoms with van der Waals surface area (Å²) in [6.07, 6.45) is 60.4. The average Bonchev–Trinajstić information content (AvgIpc) is 3.20. The van der Waals surface area contributed by atoms with Gasteiger partial charge in [-0.2, -0.15) is 0 Å². The highest BCUT2D eigenvalue weighted by Crippen LogP contribution is 2.27. The molecule has 0 fully saturated rings. The van der Waals surface area contributed by atoms with Crippen molar-refractivity contribution in [2.75, 3.05) is 5.33 Å². The van der Waals surface area contributed by atoms with Gasteiger partial charge in [-0.3, -0.25) is 4.79 Å². The van der Waals surface area contributed by atoms with Gasteiger partial charge in [-0.25, -0.2) is 0 Å². The van der Waals surface area contributed by atoms with E-state index in [0.717, 1.165) is 30.6 Å². The Morgan fingerprint density at radius 3 is 1.02 bits per heavy atom. The molecular weight excluding hydrogens is 760 g/mol. The fourth-order valence-electron chi connectivity index (χ4n) is 9.17. The Bertz CT molecular complexity index is 731. The molecule has 0 aromatic carbocycles. The lowest BCUT2D eigenvalue weighted by atomic mass is 9.89.